The summed E-state index contributed by atoms with van der Waals surface area (Å²) in [5.74, 6) is 0.677. The Hall–Kier alpha value is -2.91. The summed E-state index contributed by atoms with van der Waals surface area (Å²) < 4.78 is 3.49. The maximum Gasteiger partial charge on any atom is 0.266 e. The van der Waals surface area contributed by atoms with Gasteiger partial charge in [-0.15, -0.1) is 0 Å². The molecule has 0 spiro atoms. The van der Waals surface area contributed by atoms with Crippen molar-refractivity contribution in [1.29, 1.82) is 0 Å². The molecule has 2 aliphatic heterocycles. The third kappa shape index (κ3) is 3.02. The van der Waals surface area contributed by atoms with Crippen LogP contribution in [0.3, 0.4) is 0 Å². The average molecular weight is 467 g/mol. The zero-order valence-corrected chi connectivity index (χ0v) is 19.7. The van der Waals surface area contributed by atoms with Crippen LogP contribution in [0.2, 0.25) is 5.02 Å². The maximum atomic E-state index is 13.6. The molecule has 10 heteroatoms. The number of piperidine rings is 1. The van der Waals surface area contributed by atoms with Gasteiger partial charge in [0.2, 0.25) is 5.95 Å². The fourth-order valence-corrected chi connectivity index (χ4v) is 6.08. The fraction of sp³-hybridized carbons (Fsp3) is 0.478. The number of aryl methyl sites for hydroxylation is 1. The Kier molecular flexibility index (Phi) is 4.41. The summed E-state index contributed by atoms with van der Waals surface area (Å²) in [6.45, 7) is 4.90. The number of nitrogens with two attached hydrogens (primary N) is 1. The van der Waals surface area contributed by atoms with E-state index in [1.165, 1.54) is 0 Å². The van der Waals surface area contributed by atoms with Gasteiger partial charge in [-0.25, -0.2) is 0 Å². The molecule has 9 nitrogen and oxygen atoms in total. The number of hydrogen-bond acceptors (Lipinski definition) is 6. The average Bonchev–Trinajstić information content (AvgIpc) is 3.45. The highest BCUT2D eigenvalue weighted by Gasteiger charge is 2.46. The lowest BCUT2D eigenvalue weighted by atomic mass is 9.86. The van der Waals surface area contributed by atoms with Crippen LogP contribution >= 0.6 is 11.6 Å². The van der Waals surface area contributed by atoms with Crippen molar-refractivity contribution < 1.29 is 0 Å². The number of H-pyrrole nitrogens is 1. The molecule has 2 fully saturated rings. The second-order valence-corrected chi connectivity index (χ2v) is 10.1. The van der Waals surface area contributed by atoms with Crippen molar-refractivity contribution in [2.45, 2.75) is 63.7 Å². The van der Waals surface area contributed by atoms with Crippen LogP contribution in [0, 0.1) is 0 Å². The molecule has 172 valence electrons. The van der Waals surface area contributed by atoms with Crippen LogP contribution in [0.1, 0.15) is 39.5 Å². The minimum atomic E-state index is -0.173. The molecular formula is C23H27ClN8O. The van der Waals surface area contributed by atoms with E-state index in [1.54, 1.807) is 11.6 Å². The van der Waals surface area contributed by atoms with Crippen LogP contribution in [0.15, 0.2) is 23.1 Å². The van der Waals surface area contributed by atoms with Gasteiger partial charge in [0.25, 0.3) is 5.56 Å². The van der Waals surface area contributed by atoms with Gasteiger partial charge in [-0.05, 0) is 51.7 Å². The van der Waals surface area contributed by atoms with E-state index >= 15 is 0 Å². The van der Waals surface area contributed by atoms with E-state index in [1.807, 2.05) is 29.9 Å². The van der Waals surface area contributed by atoms with Gasteiger partial charge in [0, 0.05) is 48.4 Å². The van der Waals surface area contributed by atoms with Gasteiger partial charge in [-0.2, -0.15) is 15.2 Å². The molecule has 5 heterocycles. The molecule has 0 saturated carbocycles. The summed E-state index contributed by atoms with van der Waals surface area (Å²) in [5.41, 5.74) is 8.65. The zero-order valence-electron chi connectivity index (χ0n) is 19.0. The van der Waals surface area contributed by atoms with Crippen LogP contribution < -0.4 is 16.2 Å². The van der Waals surface area contributed by atoms with Crippen molar-refractivity contribution in [1.82, 2.24) is 29.5 Å². The highest BCUT2D eigenvalue weighted by Crippen LogP contribution is 2.42. The number of fused-ring (bicyclic) bond motifs is 4. The Morgan fingerprint density at radius 1 is 1.27 bits per heavy atom. The standard InChI is InChI=1S/C23H27ClN8O/c1-4-31-11-15-16(29-31)8-7-14(18(15)24)19-17-20(28-27-19)26-22(30(3)21(17)33)32-12-5-6-13(32)10-23(2,25)9-12/h7-8,11-13H,4-6,9-10,25H2,1-3H3,(H,27,28)/t12-,13+,23+. The number of anilines is 1. The van der Waals surface area contributed by atoms with Crippen LogP contribution in [-0.4, -0.2) is 47.2 Å². The molecule has 1 aromatic carbocycles. The summed E-state index contributed by atoms with van der Waals surface area (Å²) >= 11 is 6.77. The second kappa shape index (κ2) is 7.04. The zero-order chi connectivity index (χ0) is 23.1. The molecule has 0 amide bonds. The molecule has 6 rings (SSSR count). The Morgan fingerprint density at radius 2 is 2.00 bits per heavy atom. The van der Waals surface area contributed by atoms with Gasteiger partial charge in [-0.3, -0.25) is 19.1 Å². The predicted molar refractivity (Wildman–Crippen MR) is 130 cm³/mol. The Morgan fingerprint density at radius 3 is 2.70 bits per heavy atom. The van der Waals surface area contributed by atoms with Crippen molar-refractivity contribution >= 4 is 39.5 Å². The van der Waals surface area contributed by atoms with E-state index in [-0.39, 0.29) is 11.1 Å². The van der Waals surface area contributed by atoms with Gasteiger partial charge >= 0.3 is 0 Å². The van der Waals surface area contributed by atoms with Crippen molar-refractivity contribution in [2.24, 2.45) is 12.8 Å². The number of aromatic amines is 1. The summed E-state index contributed by atoms with van der Waals surface area (Å²) in [5, 5.41) is 13.8. The number of rotatable bonds is 3. The molecule has 3 N–H and O–H groups in total. The van der Waals surface area contributed by atoms with E-state index < -0.39 is 0 Å². The Bertz CT molecular complexity index is 1450. The number of aromatic nitrogens is 6. The van der Waals surface area contributed by atoms with Gasteiger partial charge in [0.15, 0.2) is 5.65 Å². The fourth-order valence-electron chi connectivity index (χ4n) is 5.78. The van der Waals surface area contributed by atoms with Crippen LogP contribution in [0.4, 0.5) is 5.95 Å². The van der Waals surface area contributed by atoms with Crippen LogP contribution in [0.25, 0.3) is 33.2 Å². The quantitative estimate of drug-likeness (QED) is 0.479. The largest absolute Gasteiger partial charge is 0.336 e. The van der Waals surface area contributed by atoms with Crippen molar-refractivity contribution in [3.63, 3.8) is 0 Å². The number of halogens is 1. The number of nitrogens with one attached hydrogen (secondary N) is 1. The highest BCUT2D eigenvalue weighted by atomic mass is 35.5. The molecule has 2 bridgehead atoms. The van der Waals surface area contributed by atoms with Gasteiger partial charge in [-0.1, -0.05) is 11.6 Å². The molecule has 2 aliphatic rings. The minimum absolute atomic E-state index is 0.139. The monoisotopic (exact) mass is 466 g/mol. The van der Waals surface area contributed by atoms with Crippen molar-refractivity contribution in [3.8, 4) is 11.3 Å². The van der Waals surface area contributed by atoms with E-state index in [9.17, 15) is 4.79 Å². The summed E-state index contributed by atoms with van der Waals surface area (Å²) in [4.78, 5) is 20.8. The van der Waals surface area contributed by atoms with Crippen molar-refractivity contribution in [2.75, 3.05) is 4.90 Å². The lowest BCUT2D eigenvalue weighted by molar-refractivity contribution is 0.302. The van der Waals surface area contributed by atoms with Gasteiger partial charge in [0.05, 0.1) is 10.5 Å². The molecule has 4 aromatic rings. The lowest BCUT2D eigenvalue weighted by Crippen LogP contribution is -2.55. The summed E-state index contributed by atoms with van der Waals surface area (Å²) in [7, 11) is 1.78. The Balaban J connectivity index is 1.49. The first-order valence-corrected chi connectivity index (χ1v) is 11.8. The predicted octanol–water partition coefficient (Wildman–Crippen LogP) is 3.20. The smallest absolute Gasteiger partial charge is 0.266 e. The first-order chi connectivity index (χ1) is 15.8. The van der Waals surface area contributed by atoms with E-state index in [2.05, 4.69) is 27.1 Å². The first-order valence-electron chi connectivity index (χ1n) is 11.5. The first kappa shape index (κ1) is 20.7. The molecule has 0 aliphatic carbocycles. The molecule has 0 unspecified atom stereocenters. The lowest BCUT2D eigenvalue weighted by Gasteiger charge is -2.43. The molecule has 2 saturated heterocycles. The van der Waals surface area contributed by atoms with Crippen LogP contribution in [-0.2, 0) is 13.6 Å². The normalized spacial score (nSPS) is 24.9. The summed E-state index contributed by atoms with van der Waals surface area (Å²) in [6, 6.07) is 4.37. The van der Waals surface area contributed by atoms with E-state index in [0.29, 0.717) is 45.3 Å². The third-order valence-electron chi connectivity index (χ3n) is 7.28. The molecule has 0 radical (unpaired) electrons. The Labute approximate surface area is 195 Å². The topological polar surface area (TPSA) is 111 Å². The number of nitrogens with zero attached hydrogens (tertiary/aromatic N) is 6. The van der Waals surface area contributed by atoms with Gasteiger partial charge in [0.1, 0.15) is 11.1 Å². The molecular weight excluding hydrogens is 440 g/mol. The minimum Gasteiger partial charge on any atom is -0.336 e. The number of benzene rings is 1. The van der Waals surface area contributed by atoms with Crippen LogP contribution in [0.5, 0.6) is 0 Å². The molecule has 3 atom stereocenters. The van der Waals surface area contributed by atoms with E-state index in [4.69, 9.17) is 22.3 Å². The second-order valence-electron chi connectivity index (χ2n) is 9.77. The van der Waals surface area contributed by atoms with Crippen molar-refractivity contribution in [3.05, 3.63) is 33.7 Å². The third-order valence-corrected chi connectivity index (χ3v) is 7.69. The highest BCUT2D eigenvalue weighted by molar-refractivity contribution is 6.38. The van der Waals surface area contributed by atoms with E-state index in [0.717, 1.165) is 43.1 Å². The maximum absolute atomic E-state index is 13.6. The number of hydrogen-bond donors (Lipinski definition) is 2. The summed E-state index contributed by atoms with van der Waals surface area (Å²) in [6.07, 6.45) is 5.85. The SMILES string of the molecule is CCn1cc2c(Cl)c(-c3n[nH]c4nc(N5[C@@H]6CC[C@H]5C[C@@](C)(N)C6)n(C)c(=O)c34)ccc2n1. The molecule has 33 heavy (non-hydrogen) atoms. The molecule has 3 aromatic heterocycles. The van der Waals surface area contributed by atoms with Gasteiger partial charge < -0.3 is 10.6 Å².